The van der Waals surface area contributed by atoms with Gasteiger partial charge < -0.3 is 31.2 Å². The number of ether oxygens (including phenoxy) is 2. The topological polar surface area (TPSA) is 189 Å². The molecule has 1 amide bonds. The second-order valence-corrected chi connectivity index (χ2v) is 18.7. The predicted octanol–water partition coefficient (Wildman–Crippen LogP) is 13.3. The monoisotopic (exact) mass is 955 g/mol. The lowest BCUT2D eigenvalue weighted by Gasteiger charge is -2.20. The van der Waals surface area contributed by atoms with Gasteiger partial charge in [-0.1, -0.05) is 154 Å². The Balaban J connectivity index is 1.40. The summed E-state index contributed by atoms with van der Waals surface area (Å²) >= 11 is 0. The zero-order valence-electron chi connectivity index (χ0n) is 43.0. The first kappa shape index (κ1) is 58.2. The highest BCUT2D eigenvalue weighted by molar-refractivity contribution is 5.97. The summed E-state index contributed by atoms with van der Waals surface area (Å²) in [6.45, 7) is 5.53. The van der Waals surface area contributed by atoms with Crippen molar-refractivity contribution in [1.29, 1.82) is 0 Å². The molecule has 1 aromatic carbocycles. The van der Waals surface area contributed by atoms with Crippen LogP contribution >= 0.6 is 0 Å². The standard InChI is InChI=1S/C56H90N8O5/c1-4-6-8-10-12-14-16-18-20-22-24-26-28-30-32-34-42-68-50(65)41-40-49(55(67)69-43-35-33-31-29-27-25-23-21-19-17-15-13-11-9-7-5-2)61-54(66)46-36-38-48(39-37-46)64(3)45-47-44-59-53-51(60-47)52(57)62-56(58)63-53/h18-21,36-39,44,49H,4-17,22-35,40-43,45H2,1-3H3,(H,61,66)(H4,57,58,59,62,63)/b20-18-,21-19-/t49-/m0/s1. The number of fused-ring (bicyclic) bond motifs is 1. The number of esters is 2. The first-order valence-corrected chi connectivity index (χ1v) is 27.0. The van der Waals surface area contributed by atoms with Crippen LogP contribution in [0.4, 0.5) is 17.5 Å². The third-order valence-corrected chi connectivity index (χ3v) is 12.5. The Kier molecular flexibility index (Phi) is 31.9. The molecular weight excluding hydrogens is 865 g/mol. The van der Waals surface area contributed by atoms with Crippen molar-refractivity contribution in [3.63, 3.8) is 0 Å². The maximum Gasteiger partial charge on any atom is 0.328 e. The van der Waals surface area contributed by atoms with Crippen LogP contribution in [0.1, 0.15) is 223 Å². The summed E-state index contributed by atoms with van der Waals surface area (Å²) in [5.41, 5.74) is 14.2. The van der Waals surface area contributed by atoms with Gasteiger partial charge in [0.2, 0.25) is 5.95 Å². The first-order chi connectivity index (χ1) is 33.7. The number of aromatic nitrogens is 4. The van der Waals surface area contributed by atoms with E-state index in [0.29, 0.717) is 35.6 Å². The van der Waals surface area contributed by atoms with E-state index in [2.05, 4.69) is 63.4 Å². The minimum Gasteiger partial charge on any atom is -0.466 e. The molecule has 0 aliphatic carbocycles. The molecule has 5 N–H and O–H groups in total. The van der Waals surface area contributed by atoms with Gasteiger partial charge in [0.25, 0.3) is 5.91 Å². The molecule has 69 heavy (non-hydrogen) atoms. The minimum atomic E-state index is -0.995. The largest absolute Gasteiger partial charge is 0.466 e. The third kappa shape index (κ3) is 27.1. The molecule has 2 heterocycles. The zero-order valence-corrected chi connectivity index (χ0v) is 43.0. The van der Waals surface area contributed by atoms with Gasteiger partial charge in [0.05, 0.1) is 31.6 Å². The SMILES string of the molecule is CCCCCCCC/C=C\CCCCCCCCOC(=O)CC[C@H](NC(=O)c1ccc(N(C)Cc2cnc3nc(N)nc(N)c3n2)cc1)C(=O)OCCCCCCCC/C=C\CCCCCCCC. The van der Waals surface area contributed by atoms with E-state index in [-0.39, 0.29) is 37.2 Å². The Hall–Kier alpha value is -5.07. The van der Waals surface area contributed by atoms with Crippen LogP contribution in [0.2, 0.25) is 0 Å². The number of nitrogens with two attached hydrogens (primary N) is 2. The molecule has 3 aromatic rings. The summed E-state index contributed by atoms with van der Waals surface area (Å²) in [6, 6.07) is 6.03. The van der Waals surface area contributed by atoms with Gasteiger partial charge in [-0.15, -0.1) is 0 Å². The Morgan fingerprint density at radius 1 is 0.623 bits per heavy atom. The number of rotatable bonds is 41. The van der Waals surface area contributed by atoms with E-state index in [1.54, 1.807) is 18.3 Å². The van der Waals surface area contributed by atoms with E-state index in [9.17, 15) is 14.4 Å². The van der Waals surface area contributed by atoms with Crippen molar-refractivity contribution in [3.05, 3.63) is 66.0 Å². The highest BCUT2D eigenvalue weighted by Gasteiger charge is 2.24. The molecule has 0 saturated carbocycles. The lowest BCUT2D eigenvalue weighted by atomic mass is 10.1. The van der Waals surface area contributed by atoms with Crippen LogP contribution in [0.5, 0.6) is 0 Å². The number of nitrogen functional groups attached to an aromatic ring is 2. The van der Waals surface area contributed by atoms with Crippen LogP contribution in [-0.4, -0.2) is 64.1 Å². The number of amides is 1. The van der Waals surface area contributed by atoms with E-state index in [1.807, 2.05) is 24.1 Å². The summed E-state index contributed by atoms with van der Waals surface area (Å²) in [6.07, 6.45) is 44.7. The van der Waals surface area contributed by atoms with Crippen molar-refractivity contribution in [2.45, 2.75) is 219 Å². The van der Waals surface area contributed by atoms with E-state index in [0.717, 1.165) is 63.5 Å². The summed E-state index contributed by atoms with van der Waals surface area (Å²) in [4.78, 5) is 58.7. The van der Waals surface area contributed by atoms with Crippen molar-refractivity contribution < 1.29 is 23.9 Å². The third-order valence-electron chi connectivity index (χ3n) is 12.5. The molecule has 0 aliphatic heterocycles. The van der Waals surface area contributed by atoms with Gasteiger partial charge in [0.1, 0.15) is 6.04 Å². The smallest absolute Gasteiger partial charge is 0.328 e. The van der Waals surface area contributed by atoms with Crippen LogP contribution < -0.4 is 21.7 Å². The predicted molar refractivity (Wildman–Crippen MR) is 284 cm³/mol. The molecule has 0 radical (unpaired) electrons. The van der Waals surface area contributed by atoms with Gasteiger partial charge in [-0.05, 0) is 94.9 Å². The average Bonchev–Trinajstić information content (AvgIpc) is 3.34. The highest BCUT2D eigenvalue weighted by atomic mass is 16.5. The lowest BCUT2D eigenvalue weighted by molar-refractivity contribution is -0.147. The molecule has 0 bridgehead atoms. The zero-order chi connectivity index (χ0) is 49.6. The Morgan fingerprint density at radius 2 is 1.10 bits per heavy atom. The quantitative estimate of drug-likeness (QED) is 0.0278. The van der Waals surface area contributed by atoms with Crippen molar-refractivity contribution in [3.8, 4) is 0 Å². The van der Waals surface area contributed by atoms with Crippen LogP contribution in [0.3, 0.4) is 0 Å². The summed E-state index contributed by atoms with van der Waals surface area (Å²) < 4.78 is 11.2. The fraction of sp³-hybridized carbons (Fsp3) is 0.661. The fourth-order valence-corrected chi connectivity index (χ4v) is 8.24. The molecule has 2 aromatic heterocycles. The summed E-state index contributed by atoms with van der Waals surface area (Å²) in [5, 5.41) is 2.84. The number of carbonyl (C=O) groups is 3. The van der Waals surface area contributed by atoms with Crippen molar-refractivity contribution in [2.24, 2.45) is 0 Å². The average molecular weight is 955 g/mol. The fourth-order valence-electron chi connectivity index (χ4n) is 8.24. The first-order valence-electron chi connectivity index (χ1n) is 27.0. The maximum absolute atomic E-state index is 13.5. The van der Waals surface area contributed by atoms with Gasteiger partial charge in [-0.2, -0.15) is 9.97 Å². The van der Waals surface area contributed by atoms with Gasteiger partial charge >= 0.3 is 11.9 Å². The number of unbranched alkanes of at least 4 members (excludes halogenated alkanes) is 24. The van der Waals surface area contributed by atoms with Gasteiger partial charge in [0, 0.05) is 24.7 Å². The molecule has 13 nitrogen and oxygen atoms in total. The van der Waals surface area contributed by atoms with Crippen LogP contribution in [0, 0.1) is 0 Å². The number of nitrogens with zero attached hydrogens (tertiary/aromatic N) is 5. The molecule has 0 saturated heterocycles. The number of anilines is 3. The highest BCUT2D eigenvalue weighted by Crippen LogP contribution is 2.20. The molecule has 13 heteroatoms. The molecule has 0 aliphatic rings. The number of nitrogens with one attached hydrogen (secondary N) is 1. The molecular formula is C56H90N8O5. The van der Waals surface area contributed by atoms with Gasteiger partial charge in [-0.3, -0.25) is 9.59 Å². The van der Waals surface area contributed by atoms with Crippen molar-refractivity contribution >= 4 is 46.5 Å². The Labute approximate surface area is 415 Å². The second kappa shape index (κ2) is 37.8. The molecule has 0 fully saturated rings. The number of allylic oxidation sites excluding steroid dienone is 4. The summed E-state index contributed by atoms with van der Waals surface area (Å²) in [7, 11) is 1.89. The van der Waals surface area contributed by atoms with Gasteiger partial charge in [-0.25, -0.2) is 14.8 Å². The summed E-state index contributed by atoms with van der Waals surface area (Å²) in [5.74, 6) is -1.17. The molecule has 384 valence electrons. The van der Waals surface area contributed by atoms with Gasteiger partial charge in [0.15, 0.2) is 17.0 Å². The number of hydrogen-bond donors (Lipinski definition) is 3. The molecule has 3 rings (SSSR count). The Morgan fingerprint density at radius 3 is 1.62 bits per heavy atom. The van der Waals surface area contributed by atoms with E-state index in [4.69, 9.17) is 20.9 Å². The van der Waals surface area contributed by atoms with Crippen molar-refractivity contribution in [1.82, 2.24) is 25.3 Å². The number of hydrogen-bond acceptors (Lipinski definition) is 12. The Bertz CT molecular complexity index is 1910. The maximum atomic E-state index is 13.5. The van der Waals surface area contributed by atoms with Crippen molar-refractivity contribution in [2.75, 3.05) is 36.6 Å². The molecule has 0 spiro atoms. The van der Waals surface area contributed by atoms with Crippen LogP contribution in [0.15, 0.2) is 54.8 Å². The van der Waals surface area contributed by atoms with Crippen LogP contribution in [-0.2, 0) is 25.6 Å². The number of carbonyl (C=O) groups excluding carboxylic acids is 3. The van der Waals surface area contributed by atoms with E-state index < -0.39 is 17.9 Å². The van der Waals surface area contributed by atoms with E-state index >= 15 is 0 Å². The van der Waals surface area contributed by atoms with E-state index in [1.165, 1.54) is 122 Å². The minimum absolute atomic E-state index is 0.00673. The molecule has 0 unspecified atom stereocenters. The second-order valence-electron chi connectivity index (χ2n) is 18.7. The number of benzene rings is 1. The normalized spacial score (nSPS) is 12.0. The molecule has 1 atom stereocenters. The van der Waals surface area contributed by atoms with Crippen LogP contribution in [0.25, 0.3) is 11.2 Å². The lowest BCUT2D eigenvalue weighted by Crippen LogP contribution is -2.42.